The summed E-state index contributed by atoms with van der Waals surface area (Å²) in [6, 6.07) is 6.46. The summed E-state index contributed by atoms with van der Waals surface area (Å²) in [5.74, 6) is 0.197. The summed E-state index contributed by atoms with van der Waals surface area (Å²) in [6.45, 7) is 0.347. The third-order valence-electron chi connectivity index (χ3n) is 1.73. The van der Waals surface area contributed by atoms with Crippen molar-refractivity contribution in [3.8, 4) is 5.75 Å². The SMILES string of the molecule is COC(=O)c1ccc(OCCN=O)cc1. The molecule has 1 rings (SSSR count). The summed E-state index contributed by atoms with van der Waals surface area (Å²) < 4.78 is 9.71. The molecule has 15 heavy (non-hydrogen) atoms. The molecule has 0 unspecified atom stereocenters. The fourth-order valence-electron chi connectivity index (χ4n) is 1.01. The average Bonchev–Trinajstić information content (AvgIpc) is 2.29. The third-order valence-corrected chi connectivity index (χ3v) is 1.73. The van der Waals surface area contributed by atoms with Crippen molar-refractivity contribution in [3.05, 3.63) is 34.7 Å². The van der Waals surface area contributed by atoms with Crippen molar-refractivity contribution in [2.75, 3.05) is 20.3 Å². The molecule has 0 N–H and O–H groups in total. The van der Waals surface area contributed by atoms with E-state index in [4.69, 9.17) is 4.74 Å². The van der Waals surface area contributed by atoms with E-state index in [9.17, 15) is 9.70 Å². The predicted molar refractivity (Wildman–Crippen MR) is 53.9 cm³/mol. The van der Waals surface area contributed by atoms with Gasteiger partial charge in [0.25, 0.3) is 0 Å². The largest absolute Gasteiger partial charge is 0.492 e. The first kappa shape index (κ1) is 11.2. The maximum absolute atomic E-state index is 11.1. The summed E-state index contributed by atoms with van der Waals surface area (Å²) in [5.41, 5.74) is 0.457. The van der Waals surface area contributed by atoms with Crippen molar-refractivity contribution < 1.29 is 14.3 Å². The maximum atomic E-state index is 11.1. The van der Waals surface area contributed by atoms with Crippen molar-refractivity contribution in [1.29, 1.82) is 0 Å². The van der Waals surface area contributed by atoms with E-state index < -0.39 is 5.97 Å². The maximum Gasteiger partial charge on any atom is 0.337 e. The molecule has 0 spiro atoms. The van der Waals surface area contributed by atoms with Crippen LogP contribution in [-0.4, -0.2) is 26.2 Å². The Balaban J connectivity index is 2.56. The molecule has 1 aromatic carbocycles. The predicted octanol–water partition coefficient (Wildman–Crippen LogP) is 1.62. The van der Waals surface area contributed by atoms with Crippen LogP contribution in [0.5, 0.6) is 5.75 Å². The first-order valence-corrected chi connectivity index (χ1v) is 4.38. The van der Waals surface area contributed by atoms with Crippen LogP contribution in [0.2, 0.25) is 0 Å². The van der Waals surface area contributed by atoms with Crippen molar-refractivity contribution in [2.24, 2.45) is 5.18 Å². The second-order valence-corrected chi connectivity index (χ2v) is 2.72. The van der Waals surface area contributed by atoms with E-state index in [1.165, 1.54) is 7.11 Å². The second-order valence-electron chi connectivity index (χ2n) is 2.72. The lowest BCUT2D eigenvalue weighted by Crippen LogP contribution is -2.02. The van der Waals surface area contributed by atoms with E-state index >= 15 is 0 Å². The van der Waals surface area contributed by atoms with Gasteiger partial charge in [-0.2, -0.15) is 4.91 Å². The number of carbonyl (C=O) groups is 1. The van der Waals surface area contributed by atoms with E-state index in [0.29, 0.717) is 11.3 Å². The molecule has 5 heteroatoms. The van der Waals surface area contributed by atoms with Crippen LogP contribution in [-0.2, 0) is 4.74 Å². The van der Waals surface area contributed by atoms with Gasteiger partial charge < -0.3 is 9.47 Å². The number of hydrogen-bond acceptors (Lipinski definition) is 5. The summed E-state index contributed by atoms with van der Waals surface area (Å²) in [6.07, 6.45) is 0. The molecule has 0 aliphatic rings. The lowest BCUT2D eigenvalue weighted by Gasteiger charge is -2.04. The Morgan fingerprint density at radius 3 is 2.53 bits per heavy atom. The Labute approximate surface area is 87.0 Å². The fraction of sp³-hybridized carbons (Fsp3) is 0.300. The van der Waals surface area contributed by atoms with Gasteiger partial charge in [-0.15, -0.1) is 0 Å². The number of nitrogens with zero attached hydrogens (tertiary/aromatic N) is 1. The van der Waals surface area contributed by atoms with Crippen LogP contribution in [0.4, 0.5) is 0 Å². The van der Waals surface area contributed by atoms with E-state index in [1.54, 1.807) is 24.3 Å². The van der Waals surface area contributed by atoms with Gasteiger partial charge in [0.15, 0.2) is 0 Å². The van der Waals surface area contributed by atoms with Gasteiger partial charge in [0.1, 0.15) is 18.9 Å². The zero-order chi connectivity index (χ0) is 11.1. The second kappa shape index (κ2) is 5.74. The van der Waals surface area contributed by atoms with Gasteiger partial charge in [-0.3, -0.25) is 0 Å². The molecule has 0 aliphatic carbocycles. The summed E-state index contributed by atoms with van der Waals surface area (Å²) in [5, 5.41) is 2.66. The van der Waals surface area contributed by atoms with Crippen molar-refractivity contribution in [1.82, 2.24) is 0 Å². The molecule has 80 valence electrons. The number of benzene rings is 1. The highest BCUT2D eigenvalue weighted by molar-refractivity contribution is 5.89. The first-order chi connectivity index (χ1) is 7.27. The fourth-order valence-corrected chi connectivity index (χ4v) is 1.01. The molecule has 0 aliphatic heterocycles. The van der Waals surface area contributed by atoms with Crippen LogP contribution >= 0.6 is 0 Å². The van der Waals surface area contributed by atoms with E-state index in [1.807, 2.05) is 0 Å². The number of rotatable bonds is 5. The first-order valence-electron chi connectivity index (χ1n) is 4.38. The molecule has 0 saturated heterocycles. The zero-order valence-corrected chi connectivity index (χ0v) is 8.30. The number of esters is 1. The van der Waals surface area contributed by atoms with Crippen LogP contribution in [0.15, 0.2) is 29.4 Å². The minimum absolute atomic E-state index is 0.110. The Morgan fingerprint density at radius 1 is 1.33 bits per heavy atom. The molecule has 0 amide bonds. The van der Waals surface area contributed by atoms with Crippen LogP contribution in [0, 0.1) is 4.91 Å². The Bertz CT molecular complexity index is 334. The third kappa shape index (κ3) is 3.38. The van der Waals surface area contributed by atoms with Crippen LogP contribution in [0.25, 0.3) is 0 Å². The molecule has 0 radical (unpaired) electrons. The molecule has 0 atom stereocenters. The smallest absolute Gasteiger partial charge is 0.337 e. The number of carbonyl (C=O) groups excluding carboxylic acids is 1. The topological polar surface area (TPSA) is 65.0 Å². The van der Waals surface area contributed by atoms with Crippen LogP contribution in [0.3, 0.4) is 0 Å². The lowest BCUT2D eigenvalue weighted by molar-refractivity contribution is 0.0600. The van der Waals surface area contributed by atoms with Gasteiger partial charge in [0.05, 0.1) is 12.7 Å². The van der Waals surface area contributed by atoms with Gasteiger partial charge >= 0.3 is 5.97 Å². The lowest BCUT2D eigenvalue weighted by atomic mass is 10.2. The van der Waals surface area contributed by atoms with E-state index in [-0.39, 0.29) is 13.2 Å². The van der Waals surface area contributed by atoms with Gasteiger partial charge in [-0.1, -0.05) is 5.18 Å². The van der Waals surface area contributed by atoms with Crippen molar-refractivity contribution in [3.63, 3.8) is 0 Å². The highest BCUT2D eigenvalue weighted by Crippen LogP contribution is 2.12. The van der Waals surface area contributed by atoms with Gasteiger partial charge in [0.2, 0.25) is 0 Å². The number of ether oxygens (including phenoxy) is 2. The van der Waals surface area contributed by atoms with Crippen LogP contribution < -0.4 is 4.74 Å². The molecular weight excluding hydrogens is 198 g/mol. The quantitative estimate of drug-likeness (QED) is 0.420. The number of nitroso groups, excluding NO2 is 1. The standard InChI is InChI=1S/C10H11NO4/c1-14-10(12)8-2-4-9(5-3-8)15-7-6-11-13/h2-5H,6-7H2,1H3. The summed E-state index contributed by atoms with van der Waals surface area (Å²) in [4.78, 5) is 20.9. The molecule has 1 aromatic rings. The average molecular weight is 209 g/mol. The van der Waals surface area contributed by atoms with E-state index in [0.717, 1.165) is 0 Å². The van der Waals surface area contributed by atoms with E-state index in [2.05, 4.69) is 9.91 Å². The minimum Gasteiger partial charge on any atom is -0.492 e. The van der Waals surface area contributed by atoms with Crippen molar-refractivity contribution in [2.45, 2.75) is 0 Å². The molecule has 0 heterocycles. The number of methoxy groups -OCH3 is 1. The minimum atomic E-state index is -0.392. The molecule has 0 bridgehead atoms. The highest BCUT2D eigenvalue weighted by Gasteiger charge is 2.04. The summed E-state index contributed by atoms with van der Waals surface area (Å²) >= 11 is 0. The Hall–Kier alpha value is -1.91. The van der Waals surface area contributed by atoms with Gasteiger partial charge in [0, 0.05) is 0 Å². The van der Waals surface area contributed by atoms with Gasteiger partial charge in [-0.25, -0.2) is 4.79 Å². The zero-order valence-electron chi connectivity index (χ0n) is 8.30. The molecular formula is C10H11NO4. The molecule has 5 nitrogen and oxygen atoms in total. The van der Waals surface area contributed by atoms with Gasteiger partial charge in [-0.05, 0) is 24.3 Å². The Kier molecular flexibility index (Phi) is 4.28. The van der Waals surface area contributed by atoms with Crippen molar-refractivity contribution >= 4 is 5.97 Å². The molecule has 0 saturated carbocycles. The normalized spacial score (nSPS) is 9.40. The van der Waals surface area contributed by atoms with Crippen LogP contribution in [0.1, 0.15) is 10.4 Å². The number of hydrogen-bond donors (Lipinski definition) is 0. The highest BCUT2D eigenvalue weighted by atomic mass is 16.5. The summed E-state index contributed by atoms with van der Waals surface area (Å²) in [7, 11) is 1.32. The molecule has 0 fully saturated rings. The Morgan fingerprint density at radius 2 is 2.00 bits per heavy atom. The molecule has 0 aromatic heterocycles. The monoisotopic (exact) mass is 209 g/mol.